The highest BCUT2D eigenvalue weighted by molar-refractivity contribution is 5.90. The Labute approximate surface area is 538 Å². The van der Waals surface area contributed by atoms with Gasteiger partial charge in [-0.05, 0) is 92.2 Å². The SMILES string of the molecule is CC(=O)N[C@H]1[C@H](OC2[C@@H](CO)O[C@H](O)[C@H](NC(C)=O)[C@H]2O[C@H](C)C(=O)N[C@@H](C)C(=O)NCCCC(=O)N[C@@H](CCCCN)C(=O)[O-])O[C@H](CO)[C@@H](O[C@@H]2O[C@H](CO)[C@@H](C)[C@H](O[C@H](C)C(=O)N[C@@H](C)C(=O)NCCCC(=O)N[C@@H](CCCCN)C(=O)[O-])[C@H]2NC(C)=O)[C@@H]1O. The molecule has 93 heavy (non-hydrogen) atoms. The Hall–Kier alpha value is -6.39. The van der Waals surface area contributed by atoms with Crippen molar-refractivity contribution in [3.05, 3.63) is 0 Å². The van der Waals surface area contributed by atoms with Crippen LogP contribution in [0.1, 0.15) is 120 Å². The molecule has 532 valence electrons. The standard InChI is InChI=1S/C57H99N11O25/c1-26-36(23-69)90-57(43(66-33(8)74)45(26)87-29(4)51(80)62-27(2)49(78)60-21-13-17-39(75)67-34(53(82)83)15-9-11-19-58)92-46-37(24-70)91-56(41(44(46)77)64-31(6)72)93-47-38(25-71)89-55(86)42(65-32(7)73)48(47)88-30(5)52(81)63-28(3)50(79)61-22-14-18-40(76)68-35(54(84)85)16-10-12-20-59/h26-30,34-38,41-48,55-57,69-71,77,86H,9-25,58-59H2,1-8H3,(H,60,78)(H,61,79)(H,62,80)(H,63,81)(H,64,72)(H,65,73)(H,66,74)(H,67,75)(H,68,76)(H,82,83)(H,84,85)/p-2/t26-,27+,28+,29-,30-,34+,35+,36-,37-,38-,41-,42-,43-,44-,45+,46-,47?,48-,55+,56+,57+/m1/s1. The van der Waals surface area contributed by atoms with E-state index < -0.39 is 213 Å². The summed E-state index contributed by atoms with van der Waals surface area (Å²) in [6, 6.07) is -9.55. The molecule has 3 rings (SSSR count). The molecule has 0 aromatic rings. The molecule has 1 unspecified atom stereocenters. The van der Waals surface area contributed by atoms with Gasteiger partial charge in [-0.3, -0.25) is 43.2 Å². The van der Waals surface area contributed by atoms with Gasteiger partial charge in [0.25, 0.3) is 0 Å². The molecule has 3 aliphatic heterocycles. The molecule has 0 aliphatic carbocycles. The Kier molecular flexibility index (Phi) is 35.4. The first-order chi connectivity index (χ1) is 43.9. The molecule has 0 bridgehead atoms. The van der Waals surface area contributed by atoms with E-state index in [-0.39, 0.29) is 51.6 Å². The number of carboxylic acid groups (broad SMARTS) is 2. The number of unbranched alkanes of at least 4 members (excludes halogenated alkanes) is 2. The van der Waals surface area contributed by atoms with Crippen molar-refractivity contribution in [1.29, 1.82) is 0 Å². The lowest BCUT2D eigenvalue weighted by molar-refractivity contribution is -0.353. The molecule has 9 amide bonds. The van der Waals surface area contributed by atoms with Crippen LogP contribution in [0.25, 0.3) is 0 Å². The summed E-state index contributed by atoms with van der Waals surface area (Å²) in [5.74, 6) is -10.3. The lowest BCUT2D eigenvalue weighted by atomic mass is 9.88. The third kappa shape index (κ3) is 26.0. The summed E-state index contributed by atoms with van der Waals surface area (Å²) in [5.41, 5.74) is 10.9. The van der Waals surface area contributed by atoms with Crippen LogP contribution in [-0.2, 0) is 85.9 Å². The number of aliphatic carboxylic acids is 2. The van der Waals surface area contributed by atoms with Gasteiger partial charge in [0.05, 0.1) is 56.1 Å². The number of hydrogen-bond acceptors (Lipinski definition) is 27. The molecule has 3 aliphatic rings. The molecule has 36 nitrogen and oxygen atoms in total. The zero-order valence-corrected chi connectivity index (χ0v) is 53.7. The number of carboxylic acids is 2. The minimum absolute atomic E-state index is 0.0269. The Morgan fingerprint density at radius 3 is 1.32 bits per heavy atom. The van der Waals surface area contributed by atoms with Crippen molar-refractivity contribution in [2.24, 2.45) is 17.4 Å². The number of nitrogens with one attached hydrogen (secondary N) is 9. The highest BCUT2D eigenvalue weighted by Gasteiger charge is 2.56. The average molecular weight is 1340 g/mol. The molecule has 0 aromatic heterocycles. The lowest BCUT2D eigenvalue weighted by Gasteiger charge is -2.51. The van der Waals surface area contributed by atoms with Crippen LogP contribution in [0.15, 0.2) is 0 Å². The van der Waals surface area contributed by atoms with Crippen molar-refractivity contribution >= 4 is 65.1 Å². The molecule has 18 N–H and O–H groups in total. The zero-order chi connectivity index (χ0) is 69.8. The zero-order valence-electron chi connectivity index (χ0n) is 53.7. The van der Waals surface area contributed by atoms with Gasteiger partial charge in [0, 0.05) is 52.6 Å². The van der Waals surface area contributed by atoms with E-state index in [0.29, 0.717) is 38.8 Å². The maximum Gasteiger partial charge on any atom is 0.249 e. The summed E-state index contributed by atoms with van der Waals surface area (Å²) >= 11 is 0. The average Bonchev–Trinajstić information content (AvgIpc) is 0.776. The second kappa shape index (κ2) is 40.8. The molecule has 3 saturated heterocycles. The summed E-state index contributed by atoms with van der Waals surface area (Å²) in [7, 11) is 0. The number of hydrogen-bond donors (Lipinski definition) is 16. The van der Waals surface area contributed by atoms with Crippen LogP contribution in [0.4, 0.5) is 0 Å². The van der Waals surface area contributed by atoms with Gasteiger partial charge in [0.15, 0.2) is 18.9 Å². The molecule has 0 radical (unpaired) electrons. The van der Waals surface area contributed by atoms with Gasteiger partial charge >= 0.3 is 0 Å². The lowest BCUT2D eigenvalue weighted by Crippen LogP contribution is -2.71. The van der Waals surface area contributed by atoms with Gasteiger partial charge in [-0.15, -0.1) is 0 Å². The summed E-state index contributed by atoms with van der Waals surface area (Å²) in [4.78, 5) is 140. The third-order valence-electron chi connectivity index (χ3n) is 15.5. The van der Waals surface area contributed by atoms with Crippen LogP contribution < -0.4 is 69.5 Å². The molecular formula is C57H97N11O25-2. The number of carbonyl (C=O) groups is 11. The van der Waals surface area contributed by atoms with Crippen LogP contribution >= 0.6 is 0 Å². The monoisotopic (exact) mass is 1340 g/mol. The molecule has 3 fully saturated rings. The number of aliphatic hydroxyl groups is 5. The summed E-state index contributed by atoms with van der Waals surface area (Å²) in [6.07, 6.45) is -19.2. The van der Waals surface area contributed by atoms with E-state index in [4.69, 9.17) is 44.6 Å². The fourth-order valence-electron chi connectivity index (χ4n) is 10.5. The largest absolute Gasteiger partial charge is 0.548 e. The molecule has 36 heteroatoms. The van der Waals surface area contributed by atoms with Crippen LogP contribution in [0.3, 0.4) is 0 Å². The minimum atomic E-state index is -1.98. The smallest absolute Gasteiger partial charge is 0.249 e. The van der Waals surface area contributed by atoms with Gasteiger partial charge in [0.2, 0.25) is 53.2 Å². The summed E-state index contributed by atoms with van der Waals surface area (Å²) in [5, 5.41) is 101. The quantitative estimate of drug-likeness (QED) is 0.0253. The second-order valence-corrected chi connectivity index (χ2v) is 23.1. The third-order valence-corrected chi connectivity index (χ3v) is 15.5. The number of carbonyl (C=O) groups excluding carboxylic acids is 11. The van der Waals surface area contributed by atoms with Gasteiger partial charge in [-0.1, -0.05) is 6.92 Å². The van der Waals surface area contributed by atoms with Crippen molar-refractivity contribution in [3.63, 3.8) is 0 Å². The predicted molar refractivity (Wildman–Crippen MR) is 315 cm³/mol. The van der Waals surface area contributed by atoms with E-state index in [1.54, 1.807) is 6.92 Å². The number of nitrogens with two attached hydrogens (primary N) is 2. The topological polar surface area (TPSA) is 560 Å². The summed E-state index contributed by atoms with van der Waals surface area (Å²) < 4.78 is 43.1. The molecule has 3 heterocycles. The minimum Gasteiger partial charge on any atom is -0.548 e. The maximum atomic E-state index is 13.7. The van der Waals surface area contributed by atoms with Gasteiger partial charge in [-0.2, -0.15) is 0 Å². The first-order valence-electron chi connectivity index (χ1n) is 31.1. The van der Waals surface area contributed by atoms with Crippen LogP contribution in [-0.4, -0.2) is 259 Å². The van der Waals surface area contributed by atoms with Gasteiger partial charge < -0.3 is 138 Å². The Bertz CT molecular complexity index is 2460. The Morgan fingerprint density at radius 1 is 0.495 bits per heavy atom. The normalized spacial score (nSPS) is 28.1. The molecule has 0 spiro atoms. The second-order valence-electron chi connectivity index (χ2n) is 23.1. The molecule has 0 saturated carbocycles. The van der Waals surface area contributed by atoms with Crippen LogP contribution in [0.5, 0.6) is 0 Å². The number of ether oxygens (including phenoxy) is 7. The maximum absolute atomic E-state index is 13.7. The van der Waals surface area contributed by atoms with Crippen molar-refractivity contribution in [1.82, 2.24) is 47.9 Å². The number of amides is 9. The highest BCUT2D eigenvalue weighted by Crippen LogP contribution is 2.36. The van der Waals surface area contributed by atoms with Gasteiger partial charge in [0.1, 0.15) is 79.0 Å². The van der Waals surface area contributed by atoms with E-state index in [0.717, 1.165) is 20.8 Å². The van der Waals surface area contributed by atoms with E-state index in [1.807, 2.05) is 0 Å². The van der Waals surface area contributed by atoms with Crippen molar-refractivity contribution in [2.45, 2.75) is 242 Å². The number of aliphatic hydroxyl groups excluding tert-OH is 5. The Morgan fingerprint density at radius 2 is 0.892 bits per heavy atom. The van der Waals surface area contributed by atoms with Crippen LogP contribution in [0.2, 0.25) is 0 Å². The molecule has 21 atom stereocenters. The predicted octanol–water partition coefficient (Wildman–Crippen LogP) is -9.51. The molecular weight excluding hydrogens is 1240 g/mol. The molecule has 0 aromatic carbocycles. The first-order valence-corrected chi connectivity index (χ1v) is 31.1. The van der Waals surface area contributed by atoms with E-state index in [1.165, 1.54) is 27.7 Å². The van der Waals surface area contributed by atoms with Crippen molar-refractivity contribution in [3.8, 4) is 0 Å². The first kappa shape index (κ1) is 80.8. The van der Waals surface area contributed by atoms with Crippen LogP contribution in [0, 0.1) is 5.92 Å². The fourth-order valence-corrected chi connectivity index (χ4v) is 10.5. The summed E-state index contributed by atoms with van der Waals surface area (Å²) in [6.45, 7) is 8.08. The Balaban J connectivity index is 1.81. The highest BCUT2D eigenvalue weighted by atomic mass is 16.7. The van der Waals surface area contributed by atoms with Crippen molar-refractivity contribution < 1.29 is 122 Å². The van der Waals surface area contributed by atoms with Crippen molar-refractivity contribution in [2.75, 3.05) is 46.0 Å². The van der Waals surface area contributed by atoms with E-state index in [9.17, 15) is 88.5 Å². The van der Waals surface area contributed by atoms with E-state index in [2.05, 4.69) is 47.9 Å². The fraction of sp³-hybridized carbons (Fsp3) is 0.807. The number of rotatable bonds is 40. The van der Waals surface area contributed by atoms with E-state index >= 15 is 0 Å². The van der Waals surface area contributed by atoms with Gasteiger partial charge in [-0.25, -0.2) is 0 Å².